The highest BCUT2D eigenvalue weighted by Crippen LogP contribution is 2.46. The van der Waals surface area contributed by atoms with E-state index < -0.39 is 34.7 Å². The summed E-state index contributed by atoms with van der Waals surface area (Å²) in [6, 6.07) is 3.62. The summed E-state index contributed by atoms with van der Waals surface area (Å²) in [7, 11) is 1.53. The van der Waals surface area contributed by atoms with Crippen LogP contribution in [0.1, 0.15) is 18.4 Å². The largest absolute Gasteiger partial charge is 0.503 e. The van der Waals surface area contributed by atoms with Gasteiger partial charge in [-0.15, -0.1) is 0 Å². The quantitative estimate of drug-likeness (QED) is 0.611. The minimum atomic E-state index is -5.12. The number of phenolic OH excluding ortho intramolecular Hbond substituents is 1. The Balaban J connectivity index is 1.65. The van der Waals surface area contributed by atoms with Gasteiger partial charge >= 0.3 is 6.18 Å². The first-order chi connectivity index (χ1) is 14.6. The predicted octanol–water partition coefficient (Wildman–Crippen LogP) is 4.01. The Bertz CT molecular complexity index is 1200. The van der Waals surface area contributed by atoms with E-state index in [1.165, 1.54) is 11.7 Å². The number of phenols is 1. The summed E-state index contributed by atoms with van der Waals surface area (Å²) >= 11 is 0. The number of pyridine rings is 1. The van der Waals surface area contributed by atoms with Crippen molar-refractivity contribution in [3.8, 4) is 17.0 Å². The molecule has 1 spiro atoms. The number of ether oxygens (including phenoxy) is 1. The molecule has 1 aromatic carbocycles. The molecule has 31 heavy (non-hydrogen) atoms. The van der Waals surface area contributed by atoms with Gasteiger partial charge in [-0.2, -0.15) is 18.3 Å². The van der Waals surface area contributed by atoms with Crippen LogP contribution in [-0.2, 0) is 18.0 Å². The number of benzene rings is 1. The lowest BCUT2D eigenvalue weighted by molar-refractivity contribution is -0.140. The molecule has 1 saturated heterocycles. The molecule has 6 nitrogen and oxygen atoms in total. The number of halogens is 5. The molecule has 0 amide bonds. The van der Waals surface area contributed by atoms with E-state index in [1.807, 2.05) is 0 Å². The maximum absolute atomic E-state index is 14.6. The molecule has 0 unspecified atom stereocenters. The van der Waals surface area contributed by atoms with Crippen LogP contribution in [0.4, 0.5) is 27.8 Å². The molecule has 1 aliphatic carbocycles. The molecule has 2 aliphatic rings. The SMILES string of the molecule is Cn1nc(-c2cc(C(F)(F)F)c(F)c(O)c2F)c2ccc(N3CCOCC34CC4)nc21. The van der Waals surface area contributed by atoms with Crippen LogP contribution in [0.25, 0.3) is 22.3 Å². The number of rotatable bonds is 2. The summed E-state index contributed by atoms with van der Waals surface area (Å²) in [5.74, 6) is -4.60. The van der Waals surface area contributed by atoms with Gasteiger partial charge in [0.1, 0.15) is 11.5 Å². The lowest BCUT2D eigenvalue weighted by Gasteiger charge is -2.37. The molecule has 11 heteroatoms. The van der Waals surface area contributed by atoms with Crippen LogP contribution in [0.3, 0.4) is 0 Å². The van der Waals surface area contributed by atoms with Crippen LogP contribution in [0, 0.1) is 11.6 Å². The van der Waals surface area contributed by atoms with Gasteiger partial charge in [0, 0.05) is 24.5 Å². The molecule has 1 aliphatic heterocycles. The van der Waals surface area contributed by atoms with Crippen molar-refractivity contribution in [1.82, 2.24) is 14.8 Å². The number of aryl methyl sites for hydroxylation is 1. The maximum Gasteiger partial charge on any atom is 0.419 e. The van der Waals surface area contributed by atoms with Gasteiger partial charge in [0.2, 0.25) is 0 Å². The second-order valence-electron chi connectivity index (χ2n) is 7.89. The summed E-state index contributed by atoms with van der Waals surface area (Å²) in [5, 5.41) is 14.0. The summed E-state index contributed by atoms with van der Waals surface area (Å²) < 4.78 is 74.9. The fourth-order valence-electron chi connectivity index (χ4n) is 4.12. The van der Waals surface area contributed by atoms with Gasteiger partial charge < -0.3 is 14.7 Å². The van der Waals surface area contributed by atoms with Crippen LogP contribution < -0.4 is 4.90 Å². The minimum Gasteiger partial charge on any atom is -0.503 e. The summed E-state index contributed by atoms with van der Waals surface area (Å²) in [6.45, 7) is 1.81. The molecule has 0 bridgehead atoms. The van der Waals surface area contributed by atoms with Crippen LogP contribution in [0.15, 0.2) is 18.2 Å². The molecule has 1 saturated carbocycles. The molecule has 164 valence electrons. The third-order valence-electron chi connectivity index (χ3n) is 5.92. The van der Waals surface area contributed by atoms with Crippen LogP contribution in [0.2, 0.25) is 0 Å². The van der Waals surface area contributed by atoms with E-state index in [4.69, 9.17) is 4.74 Å². The number of nitrogens with zero attached hydrogens (tertiary/aromatic N) is 4. The van der Waals surface area contributed by atoms with E-state index in [0.29, 0.717) is 37.3 Å². The molecule has 5 rings (SSSR count). The number of aromatic nitrogens is 3. The summed E-state index contributed by atoms with van der Waals surface area (Å²) in [6.07, 6.45) is -3.16. The lowest BCUT2D eigenvalue weighted by Crippen LogP contribution is -2.48. The van der Waals surface area contributed by atoms with Crippen molar-refractivity contribution in [2.45, 2.75) is 24.6 Å². The van der Waals surface area contributed by atoms with Gasteiger partial charge in [-0.05, 0) is 31.0 Å². The zero-order valence-corrected chi connectivity index (χ0v) is 16.3. The third kappa shape index (κ3) is 3.01. The number of aromatic hydroxyl groups is 1. The molecule has 2 aromatic heterocycles. The van der Waals surface area contributed by atoms with Crippen molar-refractivity contribution >= 4 is 16.9 Å². The van der Waals surface area contributed by atoms with Gasteiger partial charge in [0.05, 0.1) is 24.3 Å². The van der Waals surface area contributed by atoms with Crippen molar-refractivity contribution in [2.75, 3.05) is 24.7 Å². The Kier molecular flexibility index (Phi) is 4.20. The molecule has 0 radical (unpaired) electrons. The zero-order chi connectivity index (χ0) is 22.1. The minimum absolute atomic E-state index is 0.0865. The van der Waals surface area contributed by atoms with Crippen LogP contribution in [-0.4, -0.2) is 45.2 Å². The van der Waals surface area contributed by atoms with Gasteiger partial charge in [-0.1, -0.05) is 0 Å². The molecular weight excluding hydrogens is 423 g/mol. The number of morpholine rings is 1. The van der Waals surface area contributed by atoms with Gasteiger partial charge in [0.15, 0.2) is 23.0 Å². The second kappa shape index (κ2) is 6.52. The zero-order valence-electron chi connectivity index (χ0n) is 16.3. The van der Waals surface area contributed by atoms with Gasteiger partial charge in [-0.25, -0.2) is 18.4 Å². The highest BCUT2D eigenvalue weighted by Gasteiger charge is 2.50. The number of fused-ring (bicyclic) bond motifs is 1. The standard InChI is InChI=1S/C20H17F5N4O2/c1-28-18-10(2-3-13(26-18)29-6-7-31-9-19(29)4-5-19)16(27-28)11-8-12(20(23,24)25)15(22)17(30)14(11)21/h2-3,8,30H,4-7,9H2,1H3. The number of alkyl halides is 3. The van der Waals surface area contributed by atoms with Crippen molar-refractivity contribution in [1.29, 1.82) is 0 Å². The molecule has 2 fully saturated rings. The fourth-order valence-corrected chi connectivity index (χ4v) is 4.12. The van der Waals surface area contributed by atoms with E-state index in [9.17, 15) is 27.1 Å². The van der Waals surface area contributed by atoms with E-state index >= 15 is 0 Å². The molecule has 1 N–H and O–H groups in total. The highest BCUT2D eigenvalue weighted by atomic mass is 19.4. The Morgan fingerprint density at radius 1 is 1.16 bits per heavy atom. The first kappa shape index (κ1) is 20.0. The number of hydrogen-bond acceptors (Lipinski definition) is 5. The molecule has 0 atom stereocenters. The number of anilines is 1. The normalized spacial score (nSPS) is 18.2. The average molecular weight is 440 g/mol. The first-order valence-corrected chi connectivity index (χ1v) is 9.60. The molecular formula is C20H17F5N4O2. The maximum atomic E-state index is 14.6. The van der Waals surface area contributed by atoms with E-state index in [0.717, 1.165) is 12.8 Å². The Labute approximate surface area is 172 Å². The molecule has 3 heterocycles. The van der Waals surface area contributed by atoms with Gasteiger partial charge in [0.25, 0.3) is 0 Å². The predicted molar refractivity (Wildman–Crippen MR) is 101 cm³/mol. The molecule has 3 aromatic rings. The summed E-state index contributed by atoms with van der Waals surface area (Å²) in [5.41, 5.74) is -2.36. The number of hydrogen-bond donors (Lipinski definition) is 1. The fraction of sp³-hybridized carbons (Fsp3) is 0.400. The van der Waals surface area contributed by atoms with E-state index in [1.54, 1.807) is 12.1 Å². The average Bonchev–Trinajstić information content (AvgIpc) is 3.41. The van der Waals surface area contributed by atoms with Gasteiger partial charge in [-0.3, -0.25) is 0 Å². The van der Waals surface area contributed by atoms with Crippen LogP contribution in [0.5, 0.6) is 5.75 Å². The first-order valence-electron chi connectivity index (χ1n) is 9.60. The summed E-state index contributed by atoms with van der Waals surface area (Å²) in [4.78, 5) is 6.76. The Morgan fingerprint density at radius 2 is 1.90 bits per heavy atom. The second-order valence-corrected chi connectivity index (χ2v) is 7.89. The van der Waals surface area contributed by atoms with E-state index in [-0.39, 0.29) is 16.6 Å². The Hall–Kier alpha value is -2.95. The Morgan fingerprint density at radius 3 is 2.58 bits per heavy atom. The monoisotopic (exact) mass is 440 g/mol. The van der Waals surface area contributed by atoms with Crippen molar-refractivity contribution < 1.29 is 31.8 Å². The lowest BCUT2D eigenvalue weighted by atomic mass is 10.0. The van der Waals surface area contributed by atoms with Crippen molar-refractivity contribution in [3.63, 3.8) is 0 Å². The van der Waals surface area contributed by atoms with E-state index in [2.05, 4.69) is 15.0 Å². The van der Waals surface area contributed by atoms with Crippen molar-refractivity contribution in [2.24, 2.45) is 7.05 Å². The van der Waals surface area contributed by atoms with Crippen molar-refractivity contribution in [3.05, 3.63) is 35.4 Å². The van der Waals surface area contributed by atoms with Crippen LogP contribution >= 0.6 is 0 Å². The highest BCUT2D eigenvalue weighted by molar-refractivity contribution is 5.92. The topological polar surface area (TPSA) is 63.4 Å². The third-order valence-corrected chi connectivity index (χ3v) is 5.92. The smallest absolute Gasteiger partial charge is 0.419 e.